The summed E-state index contributed by atoms with van der Waals surface area (Å²) in [5.41, 5.74) is 6.91. The van der Waals surface area contributed by atoms with E-state index in [9.17, 15) is 14.4 Å². The molecule has 4 rings (SSSR count). The molecule has 1 heterocycles. The van der Waals surface area contributed by atoms with Gasteiger partial charge in [0.15, 0.2) is 0 Å². The maximum atomic E-state index is 13.4. The average molecular weight is 551 g/mol. The number of amides is 3. The largest absolute Gasteiger partial charge is 0.492 e. The van der Waals surface area contributed by atoms with Crippen LogP contribution in [0.3, 0.4) is 0 Å². The summed E-state index contributed by atoms with van der Waals surface area (Å²) in [6, 6.07) is 12.1. The molecule has 40 heavy (non-hydrogen) atoms. The van der Waals surface area contributed by atoms with Crippen molar-refractivity contribution in [2.45, 2.75) is 44.3 Å². The van der Waals surface area contributed by atoms with Crippen molar-refractivity contribution >= 4 is 23.6 Å². The van der Waals surface area contributed by atoms with Crippen molar-refractivity contribution in [3.63, 3.8) is 0 Å². The molecular formula is C29H38N6O5. The van der Waals surface area contributed by atoms with Gasteiger partial charge in [-0.25, -0.2) is 0 Å². The van der Waals surface area contributed by atoms with Gasteiger partial charge in [-0.1, -0.05) is 30.3 Å². The van der Waals surface area contributed by atoms with Crippen LogP contribution in [-0.2, 0) is 20.8 Å². The Labute approximate surface area is 234 Å². The normalized spacial score (nSPS) is 23.4. The number of carbonyl (C=O) groups is 3. The smallest absolute Gasteiger partial charge is 0.243 e. The number of fused-ring (bicyclic) bond motifs is 2. The second kappa shape index (κ2) is 13.3. The second-order valence-corrected chi connectivity index (χ2v) is 10.2. The first-order chi connectivity index (χ1) is 19.2. The van der Waals surface area contributed by atoms with Crippen LogP contribution in [-0.4, -0.2) is 79.9 Å². The molecule has 1 fully saturated rings. The number of amidine groups is 1. The van der Waals surface area contributed by atoms with Crippen LogP contribution in [0.2, 0.25) is 0 Å². The lowest BCUT2D eigenvalue weighted by molar-refractivity contribution is -0.141. The van der Waals surface area contributed by atoms with Gasteiger partial charge in [0.25, 0.3) is 0 Å². The van der Waals surface area contributed by atoms with Crippen LogP contribution in [0.4, 0.5) is 0 Å². The summed E-state index contributed by atoms with van der Waals surface area (Å²) in [6.07, 6.45) is 2.11. The Balaban J connectivity index is 1.53. The van der Waals surface area contributed by atoms with E-state index in [4.69, 9.17) is 20.6 Å². The Hall–Kier alpha value is -4.12. The Morgan fingerprint density at radius 2 is 1.65 bits per heavy atom. The van der Waals surface area contributed by atoms with Gasteiger partial charge in [-0.15, -0.1) is 0 Å². The number of rotatable bonds is 4. The molecule has 1 aliphatic carbocycles. The molecule has 2 bridgehead atoms. The number of nitrogens with one attached hydrogen (secondary N) is 4. The first kappa shape index (κ1) is 28.9. The third kappa shape index (κ3) is 7.72. The lowest BCUT2D eigenvalue weighted by Gasteiger charge is -2.30. The minimum Gasteiger partial charge on any atom is -0.492 e. The molecule has 0 radical (unpaired) electrons. The summed E-state index contributed by atoms with van der Waals surface area (Å²) in [5, 5.41) is 16.6. The van der Waals surface area contributed by atoms with Crippen LogP contribution >= 0.6 is 0 Å². The molecule has 0 aromatic heterocycles. The lowest BCUT2D eigenvalue weighted by atomic mass is 10.0. The predicted molar refractivity (Wildman–Crippen MR) is 150 cm³/mol. The summed E-state index contributed by atoms with van der Waals surface area (Å²) < 4.78 is 11.6. The summed E-state index contributed by atoms with van der Waals surface area (Å²) in [4.78, 5) is 41.4. The van der Waals surface area contributed by atoms with Crippen LogP contribution in [0.15, 0.2) is 48.5 Å². The van der Waals surface area contributed by atoms with E-state index in [2.05, 4.69) is 16.0 Å². The molecule has 11 nitrogen and oxygen atoms in total. The number of hydrogen-bond donors (Lipinski definition) is 5. The van der Waals surface area contributed by atoms with E-state index in [1.54, 1.807) is 44.3 Å². The first-order valence-corrected chi connectivity index (χ1v) is 13.6. The van der Waals surface area contributed by atoms with E-state index in [1.165, 1.54) is 4.90 Å². The topological polar surface area (TPSA) is 159 Å². The SMILES string of the molecule is C[C@@H]1C(=O)N[C@H](Cc2ccc(C(=N)N)cc2)C(=O)NCCOc2cccc(c2)OCCN[C@@H](C2CC2)C(=O)N1C. The van der Waals surface area contributed by atoms with Crippen molar-refractivity contribution in [3.8, 4) is 11.5 Å². The highest BCUT2D eigenvalue weighted by molar-refractivity contribution is 5.95. The highest BCUT2D eigenvalue weighted by Crippen LogP contribution is 2.33. The van der Waals surface area contributed by atoms with Gasteiger partial charge in [0.05, 0.1) is 12.6 Å². The molecule has 2 aromatic rings. The highest BCUT2D eigenvalue weighted by Gasteiger charge is 2.39. The molecule has 3 amide bonds. The number of nitrogens with two attached hydrogens (primary N) is 1. The van der Waals surface area contributed by atoms with Crippen LogP contribution in [0.1, 0.15) is 30.9 Å². The quantitative estimate of drug-likeness (QED) is 0.278. The summed E-state index contributed by atoms with van der Waals surface area (Å²) >= 11 is 0. The van der Waals surface area contributed by atoms with E-state index in [-0.39, 0.29) is 43.1 Å². The molecule has 2 aliphatic rings. The van der Waals surface area contributed by atoms with Gasteiger partial charge < -0.3 is 36.1 Å². The van der Waals surface area contributed by atoms with Gasteiger partial charge in [0.2, 0.25) is 17.7 Å². The molecule has 1 saturated carbocycles. The van der Waals surface area contributed by atoms with E-state index < -0.39 is 24.0 Å². The Bertz CT molecular complexity index is 1220. The third-order valence-corrected chi connectivity index (χ3v) is 7.22. The number of likely N-dealkylation sites (N-methyl/N-ethyl adjacent to an activating group) is 1. The fourth-order valence-electron chi connectivity index (χ4n) is 4.53. The number of ether oxygens (including phenoxy) is 2. The first-order valence-electron chi connectivity index (χ1n) is 13.6. The number of hydrogen-bond acceptors (Lipinski definition) is 7. The number of nitrogen functional groups attached to an aromatic ring is 1. The van der Waals surface area contributed by atoms with Gasteiger partial charge >= 0.3 is 0 Å². The Morgan fingerprint density at radius 1 is 1.00 bits per heavy atom. The van der Waals surface area contributed by atoms with Crippen LogP contribution in [0.5, 0.6) is 11.5 Å². The van der Waals surface area contributed by atoms with E-state index in [0.717, 1.165) is 18.4 Å². The summed E-state index contributed by atoms with van der Waals surface area (Å²) in [7, 11) is 1.61. The van der Waals surface area contributed by atoms with Crippen molar-refractivity contribution in [3.05, 3.63) is 59.7 Å². The standard InChI is InChI=1S/C29H38N6O5/c1-18-27(36)34-24(16-19-6-8-21(9-7-19)26(30)31)28(37)33-13-15-40-23-5-3-4-22(17-23)39-14-12-32-25(20-10-11-20)29(38)35(18)2/h3-9,17-18,20,24-25,32H,10-16H2,1-2H3,(H3,30,31)(H,33,37)(H,34,36)/t18-,24-,25+/m1/s1. The maximum Gasteiger partial charge on any atom is 0.243 e. The van der Waals surface area contributed by atoms with Gasteiger partial charge in [-0.05, 0) is 43.4 Å². The molecule has 3 atom stereocenters. The molecule has 6 N–H and O–H groups in total. The molecule has 0 spiro atoms. The predicted octanol–water partition coefficient (Wildman–Crippen LogP) is 0.801. The Kier molecular flexibility index (Phi) is 9.60. The number of benzene rings is 2. The minimum absolute atomic E-state index is 0.0536. The van der Waals surface area contributed by atoms with E-state index >= 15 is 0 Å². The number of carbonyl (C=O) groups excluding carboxylic acids is 3. The fraction of sp³-hybridized carbons (Fsp3) is 0.448. The molecule has 11 heteroatoms. The zero-order valence-electron chi connectivity index (χ0n) is 22.9. The molecule has 2 aromatic carbocycles. The highest BCUT2D eigenvalue weighted by atomic mass is 16.5. The van der Waals surface area contributed by atoms with Crippen molar-refractivity contribution in [2.24, 2.45) is 11.7 Å². The van der Waals surface area contributed by atoms with Crippen LogP contribution in [0.25, 0.3) is 0 Å². The van der Waals surface area contributed by atoms with Crippen LogP contribution in [0, 0.1) is 11.3 Å². The lowest BCUT2D eigenvalue weighted by Crippen LogP contribution is -2.57. The van der Waals surface area contributed by atoms with Crippen molar-refractivity contribution in [1.82, 2.24) is 20.9 Å². The van der Waals surface area contributed by atoms with Crippen molar-refractivity contribution < 1.29 is 23.9 Å². The van der Waals surface area contributed by atoms with Gasteiger partial charge in [-0.3, -0.25) is 19.8 Å². The zero-order chi connectivity index (χ0) is 28.6. The Morgan fingerprint density at radius 3 is 2.27 bits per heavy atom. The van der Waals surface area contributed by atoms with Gasteiger partial charge in [0.1, 0.15) is 42.6 Å². The second-order valence-electron chi connectivity index (χ2n) is 10.2. The molecule has 214 valence electrons. The third-order valence-electron chi connectivity index (χ3n) is 7.22. The number of nitrogens with zero attached hydrogens (tertiary/aromatic N) is 1. The average Bonchev–Trinajstić information content (AvgIpc) is 3.79. The monoisotopic (exact) mass is 550 g/mol. The molecule has 0 saturated heterocycles. The van der Waals surface area contributed by atoms with Crippen LogP contribution < -0.4 is 31.2 Å². The molecule has 0 unspecified atom stereocenters. The minimum atomic E-state index is -0.891. The van der Waals surface area contributed by atoms with Gasteiger partial charge in [-0.2, -0.15) is 0 Å². The maximum absolute atomic E-state index is 13.4. The summed E-state index contributed by atoms with van der Waals surface area (Å²) in [6.45, 7) is 2.93. The zero-order valence-corrected chi connectivity index (χ0v) is 22.9. The van der Waals surface area contributed by atoms with E-state index in [0.29, 0.717) is 30.2 Å². The van der Waals surface area contributed by atoms with Gasteiger partial charge in [0, 0.05) is 31.6 Å². The fourth-order valence-corrected chi connectivity index (χ4v) is 4.53. The molecular weight excluding hydrogens is 512 g/mol. The van der Waals surface area contributed by atoms with Crippen molar-refractivity contribution in [2.75, 3.05) is 33.4 Å². The van der Waals surface area contributed by atoms with Crippen molar-refractivity contribution in [1.29, 1.82) is 5.41 Å². The van der Waals surface area contributed by atoms with E-state index in [1.807, 2.05) is 18.2 Å². The molecule has 1 aliphatic heterocycles. The summed E-state index contributed by atoms with van der Waals surface area (Å²) in [5.74, 6) is 0.441.